The molecule has 0 unspecified atom stereocenters. The molecule has 0 spiro atoms. The first-order chi connectivity index (χ1) is 9.91. The molecule has 0 atom stereocenters. The van der Waals surface area contributed by atoms with Crippen molar-refractivity contribution in [1.29, 1.82) is 0 Å². The fourth-order valence-corrected chi connectivity index (χ4v) is 2.96. The Kier molecular flexibility index (Phi) is 4.44. The van der Waals surface area contributed by atoms with Crippen molar-refractivity contribution in [3.63, 3.8) is 0 Å². The topological polar surface area (TPSA) is 87.8 Å². The lowest BCUT2D eigenvalue weighted by Crippen LogP contribution is -2.29. The molecule has 1 aromatic heterocycles. The molecule has 0 bridgehead atoms. The highest BCUT2D eigenvalue weighted by Crippen LogP contribution is 2.16. The average Bonchev–Trinajstić information content (AvgIpc) is 2.98. The zero-order valence-corrected chi connectivity index (χ0v) is 12.2. The van der Waals surface area contributed by atoms with Crippen LogP contribution in [-0.4, -0.2) is 37.4 Å². The molecule has 0 aliphatic carbocycles. The minimum Gasteiger partial charge on any atom is -0.478 e. The van der Waals surface area contributed by atoms with Gasteiger partial charge < -0.3 is 9.52 Å². The number of likely N-dealkylation sites (N-methyl/N-ethyl adjacent to an activating group) is 1. The van der Waals surface area contributed by atoms with Gasteiger partial charge in [0.1, 0.15) is 5.76 Å². The summed E-state index contributed by atoms with van der Waals surface area (Å²) < 4.78 is 31.0. The van der Waals surface area contributed by atoms with Crippen LogP contribution in [0.2, 0.25) is 0 Å². The van der Waals surface area contributed by atoms with Gasteiger partial charge in [0.05, 0.1) is 16.7 Å². The van der Waals surface area contributed by atoms with Gasteiger partial charge in [0.2, 0.25) is 10.0 Å². The molecular formula is C14H15NO5S. The van der Waals surface area contributed by atoms with Crippen LogP contribution in [0.4, 0.5) is 0 Å². The fraction of sp³-hybridized carbons (Fsp3) is 0.214. The van der Waals surface area contributed by atoms with Crippen molar-refractivity contribution in [3.8, 4) is 0 Å². The van der Waals surface area contributed by atoms with E-state index in [1.165, 1.54) is 41.9 Å². The maximum absolute atomic E-state index is 12.3. The van der Waals surface area contributed by atoms with Crippen molar-refractivity contribution in [1.82, 2.24) is 4.31 Å². The van der Waals surface area contributed by atoms with E-state index < -0.39 is 16.0 Å². The van der Waals surface area contributed by atoms with Gasteiger partial charge in [-0.2, -0.15) is 0 Å². The zero-order valence-electron chi connectivity index (χ0n) is 11.4. The van der Waals surface area contributed by atoms with Crippen LogP contribution in [0.3, 0.4) is 0 Å². The molecule has 0 radical (unpaired) electrons. The van der Waals surface area contributed by atoms with Gasteiger partial charge in [-0.3, -0.25) is 0 Å². The number of nitrogens with zero attached hydrogens (tertiary/aromatic N) is 1. The molecule has 0 aliphatic rings. The molecular weight excluding hydrogens is 294 g/mol. The van der Waals surface area contributed by atoms with Gasteiger partial charge in [-0.25, -0.2) is 17.5 Å². The molecule has 1 aromatic carbocycles. The van der Waals surface area contributed by atoms with Gasteiger partial charge in [0, 0.05) is 20.0 Å². The molecule has 6 nitrogen and oxygen atoms in total. The highest BCUT2D eigenvalue weighted by molar-refractivity contribution is 7.89. The van der Waals surface area contributed by atoms with Gasteiger partial charge >= 0.3 is 5.97 Å². The Hall–Kier alpha value is -2.12. The summed E-state index contributed by atoms with van der Waals surface area (Å²) in [6.45, 7) is 0.274. The van der Waals surface area contributed by atoms with Crippen molar-refractivity contribution >= 4 is 16.0 Å². The normalized spacial score (nSPS) is 11.7. The molecule has 0 aliphatic heterocycles. The van der Waals surface area contributed by atoms with Crippen LogP contribution >= 0.6 is 0 Å². The van der Waals surface area contributed by atoms with E-state index in [2.05, 4.69) is 0 Å². The molecule has 1 N–H and O–H groups in total. The van der Waals surface area contributed by atoms with Crippen LogP contribution in [0, 0.1) is 0 Å². The number of carboxylic acid groups (broad SMARTS) is 1. The Labute approximate surface area is 122 Å². The lowest BCUT2D eigenvalue weighted by Gasteiger charge is -2.16. The number of carbonyl (C=O) groups is 1. The lowest BCUT2D eigenvalue weighted by molar-refractivity contribution is 0.0696. The molecule has 1 heterocycles. The molecule has 112 valence electrons. The minimum absolute atomic E-state index is 0.0483. The highest BCUT2D eigenvalue weighted by atomic mass is 32.2. The summed E-state index contributed by atoms with van der Waals surface area (Å²) in [5, 5.41) is 8.81. The van der Waals surface area contributed by atoms with Crippen LogP contribution in [0.15, 0.2) is 52.0 Å². The number of rotatable bonds is 6. The maximum Gasteiger partial charge on any atom is 0.335 e. The summed E-state index contributed by atoms with van der Waals surface area (Å²) in [5.74, 6) is -0.386. The summed E-state index contributed by atoms with van der Waals surface area (Å²) in [7, 11) is -2.16. The molecule has 2 aromatic rings. The molecule has 0 amide bonds. The summed E-state index contributed by atoms with van der Waals surface area (Å²) in [6, 6.07) is 8.66. The van der Waals surface area contributed by atoms with E-state index in [9.17, 15) is 13.2 Å². The third kappa shape index (κ3) is 3.50. The largest absolute Gasteiger partial charge is 0.478 e. The van der Waals surface area contributed by atoms with E-state index in [0.29, 0.717) is 12.2 Å². The second kappa shape index (κ2) is 6.11. The van der Waals surface area contributed by atoms with Crippen LogP contribution < -0.4 is 0 Å². The Morgan fingerprint density at radius 2 is 1.90 bits per heavy atom. The zero-order chi connectivity index (χ0) is 15.5. The molecule has 0 saturated heterocycles. The molecule has 21 heavy (non-hydrogen) atoms. The predicted octanol–water partition coefficient (Wildman–Crippen LogP) is 1.84. The summed E-state index contributed by atoms with van der Waals surface area (Å²) in [5.41, 5.74) is 0.0483. The number of carboxylic acids is 1. The molecule has 0 saturated carbocycles. The standard InChI is InChI=1S/C14H15NO5S/c1-15(9-8-12-3-2-10-20-12)21(18,19)13-6-4-11(5-7-13)14(16)17/h2-7,10H,8-9H2,1H3,(H,16,17). The smallest absolute Gasteiger partial charge is 0.335 e. The van der Waals surface area contributed by atoms with E-state index in [1.807, 2.05) is 0 Å². The van der Waals surface area contributed by atoms with Gasteiger partial charge in [-0.1, -0.05) is 0 Å². The first kappa shape index (κ1) is 15.3. The van der Waals surface area contributed by atoms with Crippen molar-refractivity contribution < 1.29 is 22.7 Å². The molecule has 7 heteroatoms. The number of furan rings is 1. The van der Waals surface area contributed by atoms with Gasteiger partial charge in [0.25, 0.3) is 0 Å². The van der Waals surface area contributed by atoms with E-state index in [4.69, 9.17) is 9.52 Å². The number of hydrogen-bond acceptors (Lipinski definition) is 4. The Morgan fingerprint density at radius 1 is 1.24 bits per heavy atom. The van der Waals surface area contributed by atoms with Crippen molar-refractivity contribution in [2.75, 3.05) is 13.6 Å². The van der Waals surface area contributed by atoms with Gasteiger partial charge in [-0.05, 0) is 36.4 Å². The minimum atomic E-state index is -3.64. The van der Waals surface area contributed by atoms with Crippen LogP contribution in [0.1, 0.15) is 16.1 Å². The number of aromatic carboxylic acids is 1. The Balaban J connectivity index is 2.10. The number of hydrogen-bond donors (Lipinski definition) is 1. The van der Waals surface area contributed by atoms with Crippen LogP contribution in [0.25, 0.3) is 0 Å². The van der Waals surface area contributed by atoms with Crippen molar-refractivity contribution in [2.24, 2.45) is 0 Å². The summed E-state index contributed by atoms with van der Waals surface area (Å²) in [6.07, 6.45) is 2.00. The molecule has 0 fully saturated rings. The average molecular weight is 309 g/mol. The lowest BCUT2D eigenvalue weighted by atomic mass is 10.2. The number of sulfonamides is 1. The fourth-order valence-electron chi connectivity index (χ4n) is 1.79. The second-order valence-electron chi connectivity index (χ2n) is 4.49. The quantitative estimate of drug-likeness (QED) is 0.879. The summed E-state index contributed by atoms with van der Waals surface area (Å²) in [4.78, 5) is 10.8. The van der Waals surface area contributed by atoms with Gasteiger partial charge in [0.15, 0.2) is 0 Å². The third-order valence-electron chi connectivity index (χ3n) is 3.06. The van der Waals surface area contributed by atoms with Crippen molar-refractivity contribution in [3.05, 3.63) is 54.0 Å². The monoisotopic (exact) mass is 309 g/mol. The Bertz CT molecular complexity index is 704. The van der Waals surface area contributed by atoms with E-state index in [1.54, 1.807) is 12.1 Å². The SMILES string of the molecule is CN(CCc1ccco1)S(=O)(=O)c1ccc(C(=O)O)cc1. The third-order valence-corrected chi connectivity index (χ3v) is 4.93. The van der Waals surface area contributed by atoms with Crippen molar-refractivity contribution in [2.45, 2.75) is 11.3 Å². The van der Waals surface area contributed by atoms with Crippen LogP contribution in [0.5, 0.6) is 0 Å². The van der Waals surface area contributed by atoms with E-state index >= 15 is 0 Å². The first-order valence-electron chi connectivity index (χ1n) is 6.23. The Morgan fingerprint density at radius 3 is 2.43 bits per heavy atom. The predicted molar refractivity (Wildman–Crippen MR) is 75.6 cm³/mol. The van der Waals surface area contributed by atoms with Gasteiger partial charge in [-0.15, -0.1) is 0 Å². The number of benzene rings is 1. The molecule has 2 rings (SSSR count). The maximum atomic E-state index is 12.3. The second-order valence-corrected chi connectivity index (χ2v) is 6.53. The van der Waals surface area contributed by atoms with E-state index in [0.717, 1.165) is 0 Å². The summed E-state index contributed by atoms with van der Waals surface area (Å²) >= 11 is 0. The van der Waals surface area contributed by atoms with Crippen LogP contribution in [-0.2, 0) is 16.4 Å². The first-order valence-corrected chi connectivity index (χ1v) is 7.67. The van der Waals surface area contributed by atoms with E-state index in [-0.39, 0.29) is 17.0 Å². The highest BCUT2D eigenvalue weighted by Gasteiger charge is 2.21.